The Kier molecular flexibility index (Phi) is 6.19. The Labute approximate surface area is 185 Å². The highest BCUT2D eigenvalue weighted by molar-refractivity contribution is 5.95. The van der Waals surface area contributed by atoms with E-state index in [2.05, 4.69) is 34.6 Å². The molecule has 30 heavy (non-hydrogen) atoms. The number of carbonyl (C=O) groups excluding carboxylic acids is 1. The summed E-state index contributed by atoms with van der Waals surface area (Å²) in [5, 5.41) is 0. The monoisotopic (exact) mass is 414 g/mol. The van der Waals surface area contributed by atoms with Gasteiger partial charge in [0, 0.05) is 6.42 Å². The Hall–Kier alpha value is -0.790. The number of hydrogen-bond donors (Lipinski definition) is 0. The molecule has 0 spiro atoms. The highest BCUT2D eigenvalue weighted by Crippen LogP contribution is 2.68. The maximum absolute atomic E-state index is 12.5. The highest BCUT2D eigenvalue weighted by atomic mass is 16.5. The molecule has 0 saturated heterocycles. The van der Waals surface area contributed by atoms with Crippen LogP contribution in [0.4, 0.5) is 0 Å². The first-order chi connectivity index (χ1) is 14.2. The van der Waals surface area contributed by atoms with Crippen molar-refractivity contribution in [2.45, 2.75) is 105 Å². The number of fused-ring (bicyclic) bond motifs is 5. The lowest BCUT2D eigenvalue weighted by molar-refractivity contribution is -0.122. The first kappa shape index (κ1) is 22.4. The van der Waals surface area contributed by atoms with E-state index in [0.717, 1.165) is 54.1 Å². The molecule has 4 aliphatic rings. The fourth-order valence-electron chi connectivity index (χ4n) is 8.93. The van der Waals surface area contributed by atoms with E-state index in [1.165, 1.54) is 56.9 Å². The molecule has 3 saturated carbocycles. The van der Waals surface area contributed by atoms with Crippen LogP contribution in [-0.4, -0.2) is 12.9 Å². The molecule has 2 heteroatoms. The van der Waals surface area contributed by atoms with Crippen molar-refractivity contribution in [2.24, 2.45) is 46.3 Å². The zero-order valence-corrected chi connectivity index (χ0v) is 20.6. The number of ketones is 1. The van der Waals surface area contributed by atoms with Gasteiger partial charge in [0.25, 0.3) is 0 Å². The molecule has 0 aliphatic heterocycles. The van der Waals surface area contributed by atoms with E-state index in [9.17, 15) is 4.79 Å². The van der Waals surface area contributed by atoms with E-state index in [1.807, 2.05) is 0 Å². The van der Waals surface area contributed by atoms with Crippen LogP contribution >= 0.6 is 0 Å². The van der Waals surface area contributed by atoms with Crippen LogP contribution in [0.25, 0.3) is 0 Å². The zero-order chi connectivity index (χ0) is 21.7. The normalized spacial score (nSPS) is 42.0. The standard InChI is InChI=1S/C28H46O2/c1-18(2)8-7-9-19(3)21-12-13-22-20-10-11-24-26(30-6)25(29)15-17-28(24,5)23(20)14-16-27(21,22)4/h18-23H,7-17H2,1-6H3/t19-,20+,21-,22+,23+,27-,28-/m1/s1. The van der Waals surface area contributed by atoms with E-state index < -0.39 is 0 Å². The number of rotatable bonds is 6. The number of carbonyl (C=O) groups is 1. The van der Waals surface area contributed by atoms with Crippen LogP contribution in [0.1, 0.15) is 105 Å². The topological polar surface area (TPSA) is 26.3 Å². The van der Waals surface area contributed by atoms with Gasteiger partial charge >= 0.3 is 0 Å². The minimum atomic E-state index is 0.199. The molecule has 3 fully saturated rings. The van der Waals surface area contributed by atoms with E-state index in [0.29, 0.717) is 11.8 Å². The van der Waals surface area contributed by atoms with Gasteiger partial charge in [-0.05, 0) is 96.9 Å². The van der Waals surface area contributed by atoms with Crippen LogP contribution < -0.4 is 0 Å². The van der Waals surface area contributed by atoms with Gasteiger partial charge in [-0.2, -0.15) is 0 Å². The SMILES string of the molecule is COC1=C2CC[C@H]3[C@@H]4CC[C@H]([C@H](C)CCCC(C)C)[C@@]4(C)CC[C@@H]3[C@@]2(C)CCC1=O. The van der Waals surface area contributed by atoms with Gasteiger partial charge < -0.3 is 4.74 Å². The quantitative estimate of drug-likeness (QED) is 0.448. The molecule has 0 radical (unpaired) electrons. The van der Waals surface area contributed by atoms with Gasteiger partial charge in [0.15, 0.2) is 11.5 Å². The molecule has 4 aliphatic carbocycles. The summed E-state index contributed by atoms with van der Waals surface area (Å²) in [6, 6.07) is 0. The molecule has 0 aromatic heterocycles. The third kappa shape index (κ3) is 3.49. The van der Waals surface area contributed by atoms with Crippen molar-refractivity contribution in [1.29, 1.82) is 0 Å². The van der Waals surface area contributed by atoms with Crippen molar-refractivity contribution in [1.82, 2.24) is 0 Å². The third-order valence-corrected chi connectivity index (χ3v) is 10.5. The second-order valence-corrected chi connectivity index (χ2v) is 12.3. The largest absolute Gasteiger partial charge is 0.493 e. The Bertz CT molecular complexity index is 691. The number of allylic oxidation sites excluding steroid dienone is 1. The second-order valence-electron chi connectivity index (χ2n) is 12.3. The van der Waals surface area contributed by atoms with E-state index in [1.54, 1.807) is 7.11 Å². The van der Waals surface area contributed by atoms with Gasteiger partial charge in [0.2, 0.25) is 0 Å². The van der Waals surface area contributed by atoms with Crippen LogP contribution in [0, 0.1) is 46.3 Å². The molecule has 0 heterocycles. The number of ether oxygens (including phenoxy) is 1. The predicted octanol–water partition coefficient (Wildman–Crippen LogP) is 7.57. The van der Waals surface area contributed by atoms with Crippen LogP contribution in [0.15, 0.2) is 11.3 Å². The average Bonchev–Trinajstić information content (AvgIpc) is 3.05. The second kappa shape index (κ2) is 8.28. The summed E-state index contributed by atoms with van der Waals surface area (Å²) in [5.41, 5.74) is 2.12. The van der Waals surface area contributed by atoms with Gasteiger partial charge in [-0.3, -0.25) is 4.79 Å². The van der Waals surface area contributed by atoms with Crippen LogP contribution in [0.3, 0.4) is 0 Å². The van der Waals surface area contributed by atoms with Gasteiger partial charge in [0.05, 0.1) is 7.11 Å². The summed E-state index contributed by atoms with van der Waals surface area (Å²) >= 11 is 0. The van der Waals surface area contributed by atoms with E-state index in [4.69, 9.17) is 4.74 Å². The fraction of sp³-hybridized carbons (Fsp3) is 0.893. The first-order valence-corrected chi connectivity index (χ1v) is 13.0. The molecular weight excluding hydrogens is 368 g/mol. The first-order valence-electron chi connectivity index (χ1n) is 13.0. The third-order valence-electron chi connectivity index (χ3n) is 10.5. The molecular formula is C28H46O2. The highest BCUT2D eigenvalue weighted by Gasteiger charge is 2.60. The smallest absolute Gasteiger partial charge is 0.197 e. The van der Waals surface area contributed by atoms with Crippen LogP contribution in [-0.2, 0) is 9.53 Å². The minimum absolute atomic E-state index is 0.199. The number of hydrogen-bond acceptors (Lipinski definition) is 2. The Morgan fingerprint density at radius 3 is 2.43 bits per heavy atom. The lowest BCUT2D eigenvalue weighted by Crippen LogP contribution is -2.51. The van der Waals surface area contributed by atoms with Crippen molar-refractivity contribution in [3.8, 4) is 0 Å². The average molecular weight is 415 g/mol. The Morgan fingerprint density at radius 2 is 1.73 bits per heavy atom. The van der Waals surface area contributed by atoms with Crippen molar-refractivity contribution < 1.29 is 9.53 Å². The summed E-state index contributed by atoms with van der Waals surface area (Å²) in [6.07, 6.45) is 14.0. The molecule has 7 atom stereocenters. The summed E-state index contributed by atoms with van der Waals surface area (Å²) in [5.74, 6) is 6.13. The predicted molar refractivity (Wildman–Crippen MR) is 124 cm³/mol. The molecule has 2 nitrogen and oxygen atoms in total. The van der Waals surface area contributed by atoms with Crippen LogP contribution in [0.2, 0.25) is 0 Å². The number of methoxy groups -OCH3 is 1. The van der Waals surface area contributed by atoms with Gasteiger partial charge in [-0.1, -0.05) is 53.9 Å². The van der Waals surface area contributed by atoms with Crippen molar-refractivity contribution in [3.63, 3.8) is 0 Å². The Balaban J connectivity index is 1.53. The fourth-order valence-corrected chi connectivity index (χ4v) is 8.93. The molecule has 0 bridgehead atoms. The maximum atomic E-state index is 12.5. The van der Waals surface area contributed by atoms with Gasteiger partial charge in [0.1, 0.15) is 0 Å². The summed E-state index contributed by atoms with van der Waals surface area (Å²) in [7, 11) is 1.71. The molecule has 0 aromatic rings. The molecule has 0 amide bonds. The minimum Gasteiger partial charge on any atom is -0.493 e. The van der Waals surface area contributed by atoms with E-state index in [-0.39, 0.29) is 11.2 Å². The van der Waals surface area contributed by atoms with Crippen molar-refractivity contribution in [2.75, 3.05) is 7.11 Å². The molecule has 0 N–H and O–H groups in total. The lowest BCUT2D eigenvalue weighted by Gasteiger charge is -2.58. The van der Waals surface area contributed by atoms with Gasteiger partial charge in [-0.25, -0.2) is 0 Å². The zero-order valence-electron chi connectivity index (χ0n) is 20.6. The molecule has 0 unspecified atom stereocenters. The maximum Gasteiger partial charge on any atom is 0.197 e. The number of Topliss-reactive ketones (excluding diaryl/α,β-unsaturated/α-hetero) is 1. The molecule has 170 valence electrons. The lowest BCUT2D eigenvalue weighted by atomic mass is 9.46. The molecule has 4 rings (SSSR count). The molecule has 0 aromatic carbocycles. The summed E-state index contributed by atoms with van der Waals surface area (Å²) in [6.45, 7) is 12.4. The summed E-state index contributed by atoms with van der Waals surface area (Å²) in [4.78, 5) is 12.5. The van der Waals surface area contributed by atoms with E-state index >= 15 is 0 Å². The van der Waals surface area contributed by atoms with Crippen molar-refractivity contribution >= 4 is 5.78 Å². The van der Waals surface area contributed by atoms with Crippen molar-refractivity contribution in [3.05, 3.63) is 11.3 Å². The van der Waals surface area contributed by atoms with Gasteiger partial charge in [-0.15, -0.1) is 0 Å². The van der Waals surface area contributed by atoms with Crippen LogP contribution in [0.5, 0.6) is 0 Å². The Morgan fingerprint density at radius 1 is 0.967 bits per heavy atom. The summed E-state index contributed by atoms with van der Waals surface area (Å²) < 4.78 is 5.66.